The predicted octanol–water partition coefficient (Wildman–Crippen LogP) is 3.11. The van der Waals surface area contributed by atoms with E-state index in [1.54, 1.807) is 26.2 Å². The van der Waals surface area contributed by atoms with Gasteiger partial charge in [-0.1, -0.05) is 38.8 Å². The van der Waals surface area contributed by atoms with Crippen LogP contribution in [0.25, 0.3) is 0 Å². The number of aliphatic hydroxyl groups excluding tert-OH is 1. The van der Waals surface area contributed by atoms with Gasteiger partial charge in [0.05, 0.1) is 32.5 Å². The Balaban J connectivity index is 1.90. The first-order valence-corrected chi connectivity index (χ1v) is 12.9. The molecule has 0 amide bonds. The first kappa shape index (κ1) is 28.1. The highest BCUT2D eigenvalue weighted by molar-refractivity contribution is 5.27. The van der Waals surface area contributed by atoms with E-state index in [0.717, 1.165) is 31.2 Å². The maximum Gasteiger partial charge on any atom is 0.333 e. The van der Waals surface area contributed by atoms with Crippen molar-refractivity contribution in [3.8, 4) is 5.75 Å². The third kappa shape index (κ3) is 6.45. The van der Waals surface area contributed by atoms with E-state index >= 15 is 0 Å². The van der Waals surface area contributed by atoms with Gasteiger partial charge in [-0.2, -0.15) is 0 Å². The molecule has 0 radical (unpaired) electrons. The van der Waals surface area contributed by atoms with Gasteiger partial charge in [0.1, 0.15) is 17.6 Å². The van der Waals surface area contributed by atoms with Gasteiger partial charge in [-0.05, 0) is 37.5 Å². The van der Waals surface area contributed by atoms with E-state index in [-0.39, 0.29) is 13.2 Å². The van der Waals surface area contributed by atoms with Crippen LogP contribution < -0.4 is 16.0 Å². The zero-order chi connectivity index (χ0) is 26.1. The lowest BCUT2D eigenvalue weighted by atomic mass is 9.91. The largest absolute Gasteiger partial charge is 0.497 e. The number of ether oxygens (including phenoxy) is 4. The Hall–Kier alpha value is -2.46. The predicted molar refractivity (Wildman–Crippen MR) is 137 cm³/mol. The number of rotatable bonds is 14. The van der Waals surface area contributed by atoms with Crippen LogP contribution in [0, 0.1) is 0 Å². The summed E-state index contributed by atoms with van der Waals surface area (Å²) < 4.78 is 26.3. The normalized spacial score (nSPS) is 22.6. The fourth-order valence-electron chi connectivity index (χ4n) is 4.41. The van der Waals surface area contributed by atoms with Gasteiger partial charge in [0.2, 0.25) is 0 Å². The zero-order valence-electron chi connectivity index (χ0n) is 21.9. The quantitative estimate of drug-likeness (QED) is 0.395. The van der Waals surface area contributed by atoms with E-state index in [0.29, 0.717) is 25.4 Å². The molecule has 0 bridgehead atoms. The molecule has 9 heteroatoms. The molecule has 0 saturated carbocycles. The Morgan fingerprint density at radius 3 is 2.44 bits per heavy atom. The van der Waals surface area contributed by atoms with Gasteiger partial charge in [0.25, 0.3) is 5.56 Å². The molecule has 36 heavy (non-hydrogen) atoms. The van der Waals surface area contributed by atoms with Crippen LogP contribution in [0.3, 0.4) is 0 Å². The summed E-state index contributed by atoms with van der Waals surface area (Å²) in [6.45, 7) is 7.17. The van der Waals surface area contributed by atoms with Crippen molar-refractivity contribution in [1.29, 1.82) is 0 Å². The molecule has 0 spiro atoms. The molecule has 1 N–H and O–H groups in total. The van der Waals surface area contributed by atoms with Crippen LogP contribution in [-0.4, -0.2) is 59.0 Å². The molecule has 3 rings (SSSR count). The summed E-state index contributed by atoms with van der Waals surface area (Å²) in [5.74, 6) is 0.695. The molecule has 1 aromatic carbocycles. The molecule has 1 fully saturated rings. The van der Waals surface area contributed by atoms with Crippen molar-refractivity contribution in [2.24, 2.45) is 0 Å². The summed E-state index contributed by atoms with van der Waals surface area (Å²) in [5.41, 5.74) is -1.21. The van der Waals surface area contributed by atoms with Gasteiger partial charge in [-0.3, -0.25) is 13.9 Å². The van der Waals surface area contributed by atoms with E-state index in [9.17, 15) is 14.7 Å². The SMILES string of the molecule is CCCCOC[C@@]1([C@H](C)O)O[C@@H](n2ccc(=O)n(Cc3ccc(OC)cc3)c2=O)C[C@@H]1OCCCC. The Kier molecular flexibility index (Phi) is 10.3. The Bertz CT molecular complexity index is 1060. The highest BCUT2D eigenvalue weighted by Crippen LogP contribution is 2.41. The van der Waals surface area contributed by atoms with E-state index in [4.69, 9.17) is 18.9 Å². The summed E-state index contributed by atoms with van der Waals surface area (Å²) in [7, 11) is 1.58. The second kappa shape index (κ2) is 13.2. The van der Waals surface area contributed by atoms with Crippen LogP contribution in [0.15, 0.2) is 46.1 Å². The lowest BCUT2D eigenvalue weighted by Crippen LogP contribution is -2.54. The second-order valence-corrected chi connectivity index (χ2v) is 9.34. The maximum atomic E-state index is 13.4. The molecule has 1 aromatic heterocycles. The highest BCUT2D eigenvalue weighted by Gasteiger charge is 2.54. The third-order valence-corrected chi connectivity index (χ3v) is 6.72. The topological polar surface area (TPSA) is 101 Å². The van der Waals surface area contributed by atoms with Crippen LogP contribution in [-0.2, 0) is 20.8 Å². The van der Waals surface area contributed by atoms with Crippen molar-refractivity contribution in [3.05, 3.63) is 62.9 Å². The summed E-state index contributed by atoms with van der Waals surface area (Å²) in [4.78, 5) is 26.0. The van der Waals surface area contributed by atoms with Crippen molar-refractivity contribution < 1.29 is 24.1 Å². The average Bonchev–Trinajstić information content (AvgIpc) is 3.24. The summed E-state index contributed by atoms with van der Waals surface area (Å²) in [6, 6.07) is 8.57. The minimum Gasteiger partial charge on any atom is -0.497 e. The molecule has 200 valence electrons. The minimum absolute atomic E-state index is 0.118. The Labute approximate surface area is 212 Å². The Morgan fingerprint density at radius 2 is 1.81 bits per heavy atom. The average molecular weight is 505 g/mol. The zero-order valence-corrected chi connectivity index (χ0v) is 21.9. The number of unbranched alkanes of at least 4 members (excludes halogenated alkanes) is 2. The Morgan fingerprint density at radius 1 is 1.11 bits per heavy atom. The van der Waals surface area contributed by atoms with E-state index in [1.165, 1.54) is 21.4 Å². The molecular formula is C27H40N2O7. The van der Waals surface area contributed by atoms with Crippen molar-refractivity contribution in [2.45, 2.75) is 83.5 Å². The van der Waals surface area contributed by atoms with Crippen LogP contribution in [0.5, 0.6) is 5.75 Å². The lowest BCUT2D eigenvalue weighted by Gasteiger charge is -2.36. The number of aliphatic hydroxyl groups is 1. The van der Waals surface area contributed by atoms with Gasteiger partial charge in [-0.15, -0.1) is 0 Å². The van der Waals surface area contributed by atoms with Crippen molar-refractivity contribution >= 4 is 0 Å². The highest BCUT2D eigenvalue weighted by atomic mass is 16.6. The van der Waals surface area contributed by atoms with Crippen molar-refractivity contribution in [3.63, 3.8) is 0 Å². The molecule has 2 heterocycles. The fraction of sp³-hybridized carbons (Fsp3) is 0.630. The van der Waals surface area contributed by atoms with Crippen molar-refractivity contribution in [2.75, 3.05) is 26.9 Å². The van der Waals surface area contributed by atoms with Gasteiger partial charge >= 0.3 is 5.69 Å². The van der Waals surface area contributed by atoms with E-state index < -0.39 is 35.3 Å². The monoisotopic (exact) mass is 504 g/mol. The molecule has 1 aliphatic rings. The molecule has 4 atom stereocenters. The van der Waals surface area contributed by atoms with E-state index in [2.05, 4.69) is 13.8 Å². The molecular weight excluding hydrogens is 464 g/mol. The lowest BCUT2D eigenvalue weighted by molar-refractivity contribution is -0.196. The maximum absolute atomic E-state index is 13.4. The van der Waals surface area contributed by atoms with Crippen LogP contribution in [0.2, 0.25) is 0 Å². The fourth-order valence-corrected chi connectivity index (χ4v) is 4.41. The molecule has 1 saturated heterocycles. The summed E-state index contributed by atoms with van der Waals surface area (Å²) >= 11 is 0. The summed E-state index contributed by atoms with van der Waals surface area (Å²) in [5, 5.41) is 10.8. The standard InChI is InChI=1S/C27H40N2O7/c1-5-7-15-34-19-27(20(3)30)23(35-16-8-6-2)17-25(36-27)28-14-13-24(31)29(26(28)32)18-21-9-11-22(33-4)12-10-21/h9-14,20,23,25,30H,5-8,15-19H2,1-4H3/t20-,23-,25+,27-/m0/s1. The van der Waals surface area contributed by atoms with Gasteiger partial charge in [0.15, 0.2) is 0 Å². The molecule has 0 aliphatic carbocycles. The second-order valence-electron chi connectivity index (χ2n) is 9.34. The first-order chi connectivity index (χ1) is 17.4. The number of benzene rings is 1. The number of methoxy groups -OCH3 is 1. The third-order valence-electron chi connectivity index (χ3n) is 6.72. The van der Waals surface area contributed by atoms with Gasteiger partial charge in [0, 0.05) is 31.9 Å². The number of aromatic nitrogens is 2. The number of hydrogen-bond donors (Lipinski definition) is 1. The van der Waals surface area contributed by atoms with Gasteiger partial charge in [-0.25, -0.2) is 4.79 Å². The van der Waals surface area contributed by atoms with E-state index in [1.807, 2.05) is 12.1 Å². The van der Waals surface area contributed by atoms with Crippen LogP contribution >= 0.6 is 0 Å². The molecule has 0 unspecified atom stereocenters. The molecule has 2 aromatic rings. The van der Waals surface area contributed by atoms with Crippen LogP contribution in [0.1, 0.15) is 64.7 Å². The minimum atomic E-state index is -1.12. The van der Waals surface area contributed by atoms with Crippen molar-refractivity contribution in [1.82, 2.24) is 9.13 Å². The molecule has 1 aliphatic heterocycles. The van der Waals surface area contributed by atoms with Gasteiger partial charge < -0.3 is 24.1 Å². The molecule has 9 nitrogen and oxygen atoms in total. The summed E-state index contributed by atoms with van der Waals surface area (Å²) in [6.07, 6.45) is 3.48. The van der Waals surface area contributed by atoms with Crippen LogP contribution in [0.4, 0.5) is 0 Å². The smallest absolute Gasteiger partial charge is 0.333 e. The number of hydrogen-bond acceptors (Lipinski definition) is 7. The first-order valence-electron chi connectivity index (χ1n) is 12.9. The number of nitrogens with zero attached hydrogens (tertiary/aromatic N) is 2.